The molecule has 0 aromatic heterocycles. The van der Waals surface area contributed by atoms with Crippen molar-refractivity contribution in [3.05, 3.63) is 58.7 Å². The number of unbranched alkanes of at least 4 members (excludes halogenated alkanes) is 3. The summed E-state index contributed by atoms with van der Waals surface area (Å²) in [6.07, 6.45) is 29.4. The van der Waals surface area contributed by atoms with E-state index in [0.29, 0.717) is 24.0 Å². The molecule has 8 atom stereocenters. The molecule has 0 amide bonds. The van der Waals surface area contributed by atoms with Gasteiger partial charge >= 0.3 is 0 Å². The van der Waals surface area contributed by atoms with Crippen molar-refractivity contribution >= 4 is 0 Å². The highest BCUT2D eigenvalue weighted by molar-refractivity contribution is 5.47. The van der Waals surface area contributed by atoms with Crippen molar-refractivity contribution in [2.24, 2.45) is 23.7 Å². The van der Waals surface area contributed by atoms with E-state index >= 15 is 0 Å². The van der Waals surface area contributed by atoms with Crippen molar-refractivity contribution in [2.75, 3.05) is 39.4 Å². The Hall–Kier alpha value is -2.12. The smallest absolute Gasteiger partial charge is 0.119 e. The van der Waals surface area contributed by atoms with Crippen molar-refractivity contribution in [1.29, 1.82) is 0 Å². The van der Waals surface area contributed by atoms with Crippen LogP contribution in [0.5, 0.6) is 11.5 Å². The average Bonchev–Trinajstić information content (AvgIpc) is 3.21. The summed E-state index contributed by atoms with van der Waals surface area (Å²) in [4.78, 5) is 5.81. The van der Waals surface area contributed by atoms with E-state index in [-0.39, 0.29) is 0 Å². The van der Waals surface area contributed by atoms with E-state index < -0.39 is 12.2 Å². The molecule has 2 aromatic rings. The fourth-order valence-corrected chi connectivity index (χ4v) is 14.4. The fourth-order valence-electron chi connectivity index (χ4n) is 14.4. The Kier molecular flexibility index (Phi) is 11.9. The fraction of sp³-hybridized carbons (Fsp3) is 0.769. The molecule has 2 saturated heterocycles. The van der Waals surface area contributed by atoms with Gasteiger partial charge in [-0.1, -0.05) is 76.3 Å². The van der Waals surface area contributed by atoms with Crippen LogP contribution < -0.4 is 9.47 Å². The molecule has 8 aliphatic rings. The SMILES string of the molecule is OC(CCCCCCC(O)COc1ccc2c(c1)[C@@]13CCCC[C@H]1[C@@H](C2)N(CC1CCC1)CC3)COc1ccc2c(c1)[C@@]13CCCC[C@H]1[C@@H](C2)N(CC1CCC1)CC3. The molecule has 2 aromatic carbocycles. The monoisotopic (exact) mass is 793 g/mol. The lowest BCUT2D eigenvalue weighted by Crippen LogP contribution is -2.61. The normalized spacial score (nSPS) is 33.1. The molecule has 318 valence electrons. The predicted octanol–water partition coefficient (Wildman–Crippen LogP) is 9.92. The second kappa shape index (κ2) is 17.3. The predicted molar refractivity (Wildman–Crippen MR) is 233 cm³/mol. The van der Waals surface area contributed by atoms with Gasteiger partial charge in [0.2, 0.25) is 0 Å². The Balaban J connectivity index is 0.648. The maximum absolute atomic E-state index is 10.9. The van der Waals surface area contributed by atoms with Gasteiger partial charge < -0.3 is 19.7 Å². The van der Waals surface area contributed by atoms with Gasteiger partial charge in [0.1, 0.15) is 24.7 Å². The summed E-state index contributed by atoms with van der Waals surface area (Å²) in [7, 11) is 0. The van der Waals surface area contributed by atoms with Gasteiger partial charge in [-0.25, -0.2) is 0 Å². The molecular weight excluding hydrogens is 717 g/mol. The van der Waals surface area contributed by atoms with Crippen LogP contribution in [0.3, 0.4) is 0 Å². The summed E-state index contributed by atoms with van der Waals surface area (Å²) < 4.78 is 12.6. The number of ether oxygens (including phenoxy) is 2. The molecule has 4 bridgehead atoms. The van der Waals surface area contributed by atoms with Crippen LogP contribution >= 0.6 is 0 Å². The zero-order valence-electron chi connectivity index (χ0n) is 35.9. The largest absolute Gasteiger partial charge is 0.491 e. The third-order valence-corrected chi connectivity index (χ3v) is 18.0. The number of aliphatic hydroxyl groups excluding tert-OH is 2. The number of hydrogen-bond acceptors (Lipinski definition) is 6. The highest BCUT2D eigenvalue weighted by Crippen LogP contribution is 2.58. The van der Waals surface area contributed by atoms with Crippen molar-refractivity contribution < 1.29 is 19.7 Å². The molecule has 0 radical (unpaired) electrons. The van der Waals surface area contributed by atoms with Crippen LogP contribution in [0.2, 0.25) is 0 Å². The summed E-state index contributed by atoms with van der Waals surface area (Å²) in [5, 5.41) is 21.8. The molecule has 6 fully saturated rings. The van der Waals surface area contributed by atoms with Crippen molar-refractivity contribution in [3.8, 4) is 11.5 Å². The lowest BCUT2D eigenvalue weighted by Gasteiger charge is -2.59. The second-order valence-corrected chi connectivity index (χ2v) is 21.2. The molecule has 6 heteroatoms. The molecule has 2 unspecified atom stereocenters. The summed E-state index contributed by atoms with van der Waals surface area (Å²) in [6.45, 7) is 5.94. The Morgan fingerprint density at radius 3 is 1.45 bits per heavy atom. The zero-order chi connectivity index (χ0) is 39.1. The first-order valence-corrected chi connectivity index (χ1v) is 24.8. The Morgan fingerprint density at radius 1 is 0.552 bits per heavy atom. The summed E-state index contributed by atoms with van der Waals surface area (Å²) in [5.41, 5.74) is 6.97. The third kappa shape index (κ3) is 7.81. The van der Waals surface area contributed by atoms with Crippen LogP contribution in [0.4, 0.5) is 0 Å². The van der Waals surface area contributed by atoms with Gasteiger partial charge in [-0.3, -0.25) is 9.80 Å². The van der Waals surface area contributed by atoms with E-state index in [4.69, 9.17) is 9.47 Å². The quantitative estimate of drug-likeness (QED) is 0.156. The van der Waals surface area contributed by atoms with E-state index in [0.717, 1.165) is 85.8 Å². The van der Waals surface area contributed by atoms with E-state index in [1.165, 1.54) is 142 Å². The Labute approximate surface area is 350 Å². The average molecular weight is 793 g/mol. The number of hydrogen-bond donors (Lipinski definition) is 2. The van der Waals surface area contributed by atoms with Crippen molar-refractivity contribution in [2.45, 2.75) is 189 Å². The molecule has 0 spiro atoms. The first kappa shape index (κ1) is 40.0. The number of fused-ring (bicyclic) bond motifs is 2. The minimum absolute atomic E-state index is 0.334. The minimum atomic E-state index is -0.444. The van der Waals surface area contributed by atoms with Gasteiger partial charge in [-0.15, -0.1) is 0 Å². The van der Waals surface area contributed by atoms with Crippen LogP contribution in [0.1, 0.15) is 164 Å². The molecule has 2 N–H and O–H groups in total. The summed E-state index contributed by atoms with van der Waals surface area (Å²) in [5.74, 6) is 5.38. The highest BCUT2D eigenvalue weighted by Gasteiger charge is 2.55. The van der Waals surface area contributed by atoms with E-state index in [2.05, 4.69) is 46.2 Å². The molecule has 2 aliphatic heterocycles. The van der Waals surface area contributed by atoms with Crippen LogP contribution in [-0.4, -0.2) is 83.7 Å². The van der Waals surface area contributed by atoms with Crippen LogP contribution in [-0.2, 0) is 23.7 Å². The van der Waals surface area contributed by atoms with Gasteiger partial charge in [0.15, 0.2) is 0 Å². The maximum Gasteiger partial charge on any atom is 0.119 e. The summed E-state index contributed by atoms with van der Waals surface area (Å²) >= 11 is 0. The van der Waals surface area contributed by atoms with Gasteiger partial charge in [-0.05, 0) is 173 Å². The molecule has 4 saturated carbocycles. The van der Waals surface area contributed by atoms with E-state index in [1.54, 1.807) is 22.3 Å². The number of benzene rings is 2. The first-order chi connectivity index (χ1) is 28.5. The van der Waals surface area contributed by atoms with Gasteiger partial charge in [0.05, 0.1) is 12.2 Å². The molecule has 10 rings (SSSR count). The third-order valence-electron chi connectivity index (χ3n) is 18.0. The number of aliphatic hydroxyl groups is 2. The Morgan fingerprint density at radius 2 is 1.02 bits per heavy atom. The number of nitrogens with zero attached hydrogens (tertiary/aromatic N) is 2. The van der Waals surface area contributed by atoms with Crippen LogP contribution in [0.25, 0.3) is 0 Å². The van der Waals surface area contributed by atoms with E-state index in [9.17, 15) is 10.2 Å². The lowest BCUT2D eigenvalue weighted by molar-refractivity contribution is -0.0241. The second-order valence-electron chi connectivity index (χ2n) is 21.2. The number of rotatable bonds is 17. The molecule has 6 aliphatic carbocycles. The number of piperidine rings is 2. The topological polar surface area (TPSA) is 65.4 Å². The molecule has 2 heterocycles. The van der Waals surface area contributed by atoms with Gasteiger partial charge in [-0.2, -0.15) is 0 Å². The Bertz CT molecular complexity index is 1580. The highest BCUT2D eigenvalue weighted by atomic mass is 16.5. The van der Waals surface area contributed by atoms with Crippen LogP contribution in [0, 0.1) is 23.7 Å². The molecule has 6 nitrogen and oxygen atoms in total. The maximum atomic E-state index is 10.9. The first-order valence-electron chi connectivity index (χ1n) is 24.8. The number of likely N-dealkylation sites (tertiary alicyclic amines) is 2. The standard InChI is InChI=1S/C52H76N2O4/c55-41(35-57-43-21-19-39-29-49-45-17-5-7-23-51(45,47(39)31-43)25-27-53(49)33-37-11-9-12-37)15-3-1-2-4-16-42(56)36-58-44-22-20-40-30-50-46-18-6-8-24-52(46,48(40)32-44)26-28-54(50)34-38-13-10-14-38/h19-22,31-32,37-38,41-42,45-46,49-50,55-56H,1-18,23-30,33-36H2/t41?,42?,45-,46-,49+,50+,51+,52+/m0/s1. The molecular formula is C52H76N2O4. The van der Waals surface area contributed by atoms with Crippen molar-refractivity contribution in [3.63, 3.8) is 0 Å². The zero-order valence-corrected chi connectivity index (χ0v) is 35.9. The van der Waals surface area contributed by atoms with Gasteiger partial charge in [0.25, 0.3) is 0 Å². The summed E-state index contributed by atoms with van der Waals surface area (Å²) in [6, 6.07) is 15.3. The van der Waals surface area contributed by atoms with E-state index in [1.807, 2.05) is 0 Å². The van der Waals surface area contributed by atoms with Crippen molar-refractivity contribution in [1.82, 2.24) is 9.80 Å². The molecule has 58 heavy (non-hydrogen) atoms. The van der Waals surface area contributed by atoms with Gasteiger partial charge in [0, 0.05) is 36.0 Å². The lowest BCUT2D eigenvalue weighted by atomic mass is 9.52. The minimum Gasteiger partial charge on any atom is -0.491 e. The van der Waals surface area contributed by atoms with Crippen LogP contribution in [0.15, 0.2) is 36.4 Å².